The van der Waals surface area contributed by atoms with E-state index in [0.29, 0.717) is 6.10 Å². The summed E-state index contributed by atoms with van der Waals surface area (Å²) in [6.45, 7) is 0. The maximum atomic E-state index is 5.34. The highest BCUT2D eigenvalue weighted by Gasteiger charge is 2.16. The average molecular weight is 157 g/mol. The number of hydrogen-bond donors (Lipinski definition) is 1. The largest absolute Gasteiger partial charge is 0.381 e. The summed E-state index contributed by atoms with van der Waals surface area (Å²) in [4.78, 5) is 0. The van der Waals surface area contributed by atoms with Crippen LogP contribution >= 0.6 is 0 Å². The summed E-state index contributed by atoms with van der Waals surface area (Å²) in [5.41, 5.74) is 0. The van der Waals surface area contributed by atoms with Crippen LogP contribution in [0, 0.1) is 0 Å². The molecule has 1 N–H and O–H groups in total. The molecule has 0 aromatic rings. The molecule has 0 amide bonds. The molecule has 0 aliphatic heterocycles. The standard InChI is InChI=1S/C9H19NO/c1-10-8-4-3-5-9(11-2)7-6-8/h8-10H,3-7H2,1-2H3/t8-,9+/m1/s1. The van der Waals surface area contributed by atoms with Crippen molar-refractivity contribution in [3.8, 4) is 0 Å². The summed E-state index contributed by atoms with van der Waals surface area (Å²) in [6, 6.07) is 0.732. The molecule has 0 unspecified atom stereocenters. The van der Waals surface area contributed by atoms with Crippen molar-refractivity contribution in [1.29, 1.82) is 0 Å². The van der Waals surface area contributed by atoms with Crippen LogP contribution in [0.25, 0.3) is 0 Å². The topological polar surface area (TPSA) is 21.3 Å². The lowest BCUT2D eigenvalue weighted by Crippen LogP contribution is -2.24. The van der Waals surface area contributed by atoms with Gasteiger partial charge in [0.15, 0.2) is 0 Å². The molecule has 66 valence electrons. The van der Waals surface area contributed by atoms with E-state index < -0.39 is 0 Å². The first-order valence-corrected chi connectivity index (χ1v) is 4.57. The third-order valence-corrected chi connectivity index (χ3v) is 2.66. The van der Waals surface area contributed by atoms with Crippen molar-refractivity contribution in [2.75, 3.05) is 14.2 Å². The van der Waals surface area contributed by atoms with E-state index in [0.717, 1.165) is 6.04 Å². The highest BCUT2D eigenvalue weighted by Crippen LogP contribution is 2.19. The minimum Gasteiger partial charge on any atom is -0.381 e. The van der Waals surface area contributed by atoms with Crippen LogP contribution < -0.4 is 5.32 Å². The van der Waals surface area contributed by atoms with Crippen molar-refractivity contribution in [2.45, 2.75) is 44.2 Å². The third-order valence-electron chi connectivity index (χ3n) is 2.66. The van der Waals surface area contributed by atoms with E-state index in [1.165, 1.54) is 32.1 Å². The van der Waals surface area contributed by atoms with Crippen molar-refractivity contribution in [2.24, 2.45) is 0 Å². The van der Waals surface area contributed by atoms with Gasteiger partial charge in [-0.1, -0.05) is 0 Å². The third kappa shape index (κ3) is 2.80. The fourth-order valence-electron chi connectivity index (χ4n) is 1.79. The van der Waals surface area contributed by atoms with E-state index in [9.17, 15) is 0 Å². The maximum absolute atomic E-state index is 5.34. The zero-order valence-corrected chi connectivity index (χ0v) is 7.60. The Morgan fingerprint density at radius 2 is 2.00 bits per heavy atom. The van der Waals surface area contributed by atoms with Crippen LogP contribution in [0.2, 0.25) is 0 Å². The normalized spacial score (nSPS) is 33.3. The lowest BCUT2D eigenvalue weighted by molar-refractivity contribution is 0.0895. The molecule has 0 radical (unpaired) electrons. The number of methoxy groups -OCH3 is 1. The van der Waals surface area contributed by atoms with Gasteiger partial charge in [-0.3, -0.25) is 0 Å². The Bertz CT molecular complexity index is 93.7. The van der Waals surface area contributed by atoms with Gasteiger partial charge in [0.1, 0.15) is 0 Å². The highest BCUT2D eigenvalue weighted by atomic mass is 16.5. The molecule has 1 fully saturated rings. The van der Waals surface area contributed by atoms with Gasteiger partial charge in [0.05, 0.1) is 6.10 Å². The molecular formula is C9H19NO. The lowest BCUT2D eigenvalue weighted by atomic mass is 10.1. The van der Waals surface area contributed by atoms with Gasteiger partial charge in [0.2, 0.25) is 0 Å². The number of rotatable bonds is 2. The highest BCUT2D eigenvalue weighted by molar-refractivity contribution is 4.73. The van der Waals surface area contributed by atoms with Gasteiger partial charge in [-0.25, -0.2) is 0 Å². The van der Waals surface area contributed by atoms with Gasteiger partial charge in [0.25, 0.3) is 0 Å². The second-order valence-corrected chi connectivity index (χ2v) is 3.35. The Morgan fingerprint density at radius 3 is 2.64 bits per heavy atom. The van der Waals surface area contributed by atoms with Crippen molar-refractivity contribution in [1.82, 2.24) is 5.32 Å². The molecule has 2 heteroatoms. The van der Waals surface area contributed by atoms with Crippen molar-refractivity contribution in [3.63, 3.8) is 0 Å². The lowest BCUT2D eigenvalue weighted by Gasteiger charge is -2.12. The molecule has 0 heterocycles. The zero-order chi connectivity index (χ0) is 8.10. The van der Waals surface area contributed by atoms with E-state index in [4.69, 9.17) is 4.74 Å². The molecule has 0 aromatic heterocycles. The smallest absolute Gasteiger partial charge is 0.0572 e. The first-order chi connectivity index (χ1) is 5.36. The van der Waals surface area contributed by atoms with Gasteiger partial charge in [0, 0.05) is 13.2 Å². The predicted octanol–water partition coefficient (Wildman–Crippen LogP) is 1.55. The van der Waals surface area contributed by atoms with Gasteiger partial charge >= 0.3 is 0 Å². The molecule has 11 heavy (non-hydrogen) atoms. The van der Waals surface area contributed by atoms with E-state index in [-0.39, 0.29) is 0 Å². The minimum absolute atomic E-state index is 0.522. The molecule has 1 aliphatic rings. The van der Waals surface area contributed by atoms with Crippen LogP contribution in [-0.4, -0.2) is 26.3 Å². The van der Waals surface area contributed by atoms with E-state index in [1.807, 2.05) is 7.11 Å². The summed E-state index contributed by atoms with van der Waals surface area (Å²) in [6.07, 6.45) is 6.89. The Morgan fingerprint density at radius 1 is 1.18 bits per heavy atom. The number of hydrogen-bond acceptors (Lipinski definition) is 2. The van der Waals surface area contributed by atoms with Crippen molar-refractivity contribution in [3.05, 3.63) is 0 Å². The maximum Gasteiger partial charge on any atom is 0.0572 e. The monoisotopic (exact) mass is 157 g/mol. The quantitative estimate of drug-likeness (QED) is 0.614. The van der Waals surface area contributed by atoms with Crippen molar-refractivity contribution >= 4 is 0 Å². The Labute approximate surface area is 69.3 Å². The molecule has 1 saturated carbocycles. The van der Waals surface area contributed by atoms with Gasteiger partial charge in [-0.05, 0) is 39.2 Å². The summed E-state index contributed by atoms with van der Waals surface area (Å²) in [5.74, 6) is 0. The molecule has 1 rings (SSSR count). The molecule has 0 saturated heterocycles. The summed E-state index contributed by atoms with van der Waals surface area (Å²) < 4.78 is 5.34. The fraction of sp³-hybridized carbons (Fsp3) is 1.00. The number of nitrogens with one attached hydrogen (secondary N) is 1. The first kappa shape index (κ1) is 9.01. The summed E-state index contributed by atoms with van der Waals surface area (Å²) in [7, 11) is 3.88. The van der Waals surface area contributed by atoms with Gasteiger partial charge < -0.3 is 10.1 Å². The predicted molar refractivity (Wildman–Crippen MR) is 46.7 cm³/mol. The SMILES string of the molecule is CN[C@@H]1CCC[C@H](OC)CC1. The molecule has 2 nitrogen and oxygen atoms in total. The average Bonchev–Trinajstić information content (AvgIpc) is 2.28. The van der Waals surface area contributed by atoms with Crippen LogP contribution in [0.3, 0.4) is 0 Å². The van der Waals surface area contributed by atoms with Crippen LogP contribution in [0.15, 0.2) is 0 Å². The van der Waals surface area contributed by atoms with E-state index in [2.05, 4.69) is 12.4 Å². The van der Waals surface area contributed by atoms with E-state index >= 15 is 0 Å². The van der Waals surface area contributed by atoms with Crippen LogP contribution in [-0.2, 0) is 4.74 Å². The second-order valence-electron chi connectivity index (χ2n) is 3.35. The molecule has 0 spiro atoms. The van der Waals surface area contributed by atoms with Crippen molar-refractivity contribution < 1.29 is 4.74 Å². The van der Waals surface area contributed by atoms with Crippen LogP contribution in [0.1, 0.15) is 32.1 Å². The molecule has 0 aromatic carbocycles. The first-order valence-electron chi connectivity index (χ1n) is 4.57. The molecule has 1 aliphatic carbocycles. The molecule has 0 bridgehead atoms. The second kappa shape index (κ2) is 4.73. The van der Waals surface area contributed by atoms with Crippen LogP contribution in [0.4, 0.5) is 0 Å². The van der Waals surface area contributed by atoms with Crippen LogP contribution in [0.5, 0.6) is 0 Å². The van der Waals surface area contributed by atoms with Gasteiger partial charge in [-0.2, -0.15) is 0 Å². The van der Waals surface area contributed by atoms with Gasteiger partial charge in [-0.15, -0.1) is 0 Å². The number of ether oxygens (including phenoxy) is 1. The Hall–Kier alpha value is -0.0800. The molecule has 2 atom stereocenters. The Kier molecular flexibility index (Phi) is 3.87. The summed E-state index contributed by atoms with van der Waals surface area (Å²) in [5, 5.41) is 3.33. The Balaban J connectivity index is 2.27. The fourth-order valence-corrected chi connectivity index (χ4v) is 1.79. The summed E-state index contributed by atoms with van der Waals surface area (Å²) >= 11 is 0. The minimum atomic E-state index is 0.522. The molecular weight excluding hydrogens is 138 g/mol. The zero-order valence-electron chi connectivity index (χ0n) is 7.60. The van der Waals surface area contributed by atoms with E-state index in [1.54, 1.807) is 0 Å².